The number of hydrogen-bond donors (Lipinski definition) is 0. The number of ketones is 1. The van der Waals surface area contributed by atoms with Gasteiger partial charge in [0.25, 0.3) is 0 Å². The van der Waals surface area contributed by atoms with Crippen LogP contribution in [0.1, 0.15) is 32.6 Å². The average molecular weight is 287 g/mol. The second kappa shape index (κ2) is 7.06. The van der Waals surface area contributed by atoms with Gasteiger partial charge in [0.2, 0.25) is 0 Å². The first-order valence-corrected chi connectivity index (χ1v) is 6.44. The van der Waals surface area contributed by atoms with E-state index in [1.807, 2.05) is 36.4 Å². The van der Waals surface area contributed by atoms with Gasteiger partial charge < -0.3 is 0 Å². The molecule has 0 bridgehead atoms. The molecule has 20 heavy (non-hydrogen) atoms. The molecular weight excluding hydrogens is 268 g/mol. The number of halogens is 1. The van der Waals surface area contributed by atoms with E-state index in [9.17, 15) is 4.79 Å². The Balaban J connectivity index is 0.00000200. The first-order valence-electron chi connectivity index (χ1n) is 6.44. The van der Waals surface area contributed by atoms with Gasteiger partial charge in [0, 0.05) is 5.56 Å². The quantitative estimate of drug-likeness (QED) is 0.577. The zero-order valence-corrected chi connectivity index (χ0v) is 12.8. The van der Waals surface area contributed by atoms with Gasteiger partial charge in [-0.05, 0) is 49.1 Å². The Morgan fingerprint density at radius 1 is 0.900 bits per heavy atom. The summed E-state index contributed by atoms with van der Waals surface area (Å²) in [4.78, 5) is 12.0. The fourth-order valence-corrected chi connectivity index (χ4v) is 2.02. The highest BCUT2D eigenvalue weighted by atomic mass is 35.5. The molecule has 0 N–H and O–H groups in total. The number of aryl methyl sites for hydroxylation is 1. The summed E-state index contributed by atoms with van der Waals surface area (Å²) in [5, 5.41) is 0. The van der Waals surface area contributed by atoms with E-state index in [2.05, 4.69) is 32.9 Å². The molecule has 0 fully saturated rings. The average Bonchev–Trinajstić information content (AvgIpc) is 2.45. The molecule has 104 valence electrons. The van der Waals surface area contributed by atoms with Crippen molar-refractivity contribution < 1.29 is 4.79 Å². The smallest absolute Gasteiger partial charge is 0.185 e. The third-order valence-electron chi connectivity index (χ3n) is 3.57. The van der Waals surface area contributed by atoms with E-state index in [4.69, 9.17) is 0 Å². The lowest BCUT2D eigenvalue weighted by Crippen LogP contribution is -1.94. The Bertz CT molecular complexity index is 627. The van der Waals surface area contributed by atoms with Crippen molar-refractivity contribution in [3.05, 3.63) is 76.4 Å². The monoisotopic (exact) mass is 286 g/mol. The Morgan fingerprint density at radius 2 is 1.55 bits per heavy atom. The molecule has 0 aliphatic carbocycles. The Kier molecular flexibility index (Phi) is 5.72. The fraction of sp³-hybridized carbons (Fsp3) is 0.167. The van der Waals surface area contributed by atoms with E-state index >= 15 is 0 Å². The second-order valence-electron chi connectivity index (χ2n) is 4.79. The van der Waals surface area contributed by atoms with E-state index in [0.717, 1.165) is 11.1 Å². The molecule has 0 unspecified atom stereocenters. The third kappa shape index (κ3) is 3.58. The summed E-state index contributed by atoms with van der Waals surface area (Å²) in [6, 6.07) is 13.5. The largest absolute Gasteiger partial charge is 0.289 e. The summed E-state index contributed by atoms with van der Waals surface area (Å²) in [5.41, 5.74) is 5.63. The standard InChI is InChI=1S/C18H18O.ClH/c1-13-9-10-16(15(3)14(13)2)11-12-18(19)17-7-5-4-6-8-17;/h4-12H,1-3H3;1H. The molecule has 0 heterocycles. The van der Waals surface area contributed by atoms with E-state index < -0.39 is 0 Å². The maximum Gasteiger partial charge on any atom is 0.185 e. The summed E-state index contributed by atoms with van der Waals surface area (Å²) in [6.07, 6.45) is 3.55. The highest BCUT2D eigenvalue weighted by Gasteiger charge is 2.03. The normalized spacial score (nSPS) is 10.3. The van der Waals surface area contributed by atoms with Crippen molar-refractivity contribution in [3.63, 3.8) is 0 Å². The van der Waals surface area contributed by atoms with Gasteiger partial charge in [0.05, 0.1) is 0 Å². The molecule has 0 spiro atoms. The second-order valence-corrected chi connectivity index (χ2v) is 4.79. The number of hydrogen-bond acceptors (Lipinski definition) is 1. The van der Waals surface area contributed by atoms with Gasteiger partial charge in [0.1, 0.15) is 0 Å². The molecule has 2 aromatic rings. The van der Waals surface area contributed by atoms with Crippen LogP contribution in [0, 0.1) is 20.8 Å². The number of rotatable bonds is 3. The molecule has 0 aliphatic heterocycles. The molecule has 2 rings (SSSR count). The lowest BCUT2D eigenvalue weighted by atomic mass is 9.98. The van der Waals surface area contributed by atoms with Gasteiger partial charge in [-0.3, -0.25) is 4.79 Å². The molecule has 0 radical (unpaired) electrons. The van der Waals surface area contributed by atoms with Crippen LogP contribution >= 0.6 is 12.4 Å². The SMILES string of the molecule is Cc1ccc(C=CC(=O)c2ccccc2)c(C)c1C.Cl. The molecule has 0 amide bonds. The van der Waals surface area contributed by atoms with Crippen LogP contribution in [-0.4, -0.2) is 5.78 Å². The van der Waals surface area contributed by atoms with Crippen molar-refractivity contribution in [2.24, 2.45) is 0 Å². The predicted molar refractivity (Wildman–Crippen MR) is 87.7 cm³/mol. The summed E-state index contributed by atoms with van der Waals surface area (Å²) in [7, 11) is 0. The van der Waals surface area contributed by atoms with Crippen LogP contribution in [-0.2, 0) is 0 Å². The zero-order valence-electron chi connectivity index (χ0n) is 12.0. The van der Waals surface area contributed by atoms with Crippen LogP contribution in [0.2, 0.25) is 0 Å². The molecular formula is C18H19ClO. The minimum Gasteiger partial charge on any atom is -0.289 e. The van der Waals surface area contributed by atoms with Gasteiger partial charge in [-0.25, -0.2) is 0 Å². The highest BCUT2D eigenvalue weighted by Crippen LogP contribution is 2.18. The Labute approximate surface area is 126 Å². The van der Waals surface area contributed by atoms with Crippen molar-refractivity contribution >= 4 is 24.3 Å². The Morgan fingerprint density at radius 3 is 2.20 bits per heavy atom. The maximum atomic E-state index is 12.0. The number of carbonyl (C=O) groups is 1. The summed E-state index contributed by atoms with van der Waals surface area (Å²) in [5.74, 6) is 0.0400. The molecule has 0 saturated carbocycles. The van der Waals surface area contributed by atoms with E-state index in [-0.39, 0.29) is 18.2 Å². The first kappa shape index (κ1) is 16.2. The molecule has 0 aliphatic rings. The van der Waals surface area contributed by atoms with Crippen molar-refractivity contribution in [2.75, 3.05) is 0 Å². The summed E-state index contributed by atoms with van der Waals surface area (Å²) < 4.78 is 0. The van der Waals surface area contributed by atoms with E-state index in [1.54, 1.807) is 6.08 Å². The number of allylic oxidation sites excluding steroid dienone is 1. The lowest BCUT2D eigenvalue weighted by Gasteiger charge is -2.07. The predicted octanol–water partition coefficient (Wildman–Crippen LogP) is 4.93. The molecule has 2 aromatic carbocycles. The molecule has 1 nitrogen and oxygen atoms in total. The summed E-state index contributed by atoms with van der Waals surface area (Å²) in [6.45, 7) is 6.31. The first-order chi connectivity index (χ1) is 9.09. The lowest BCUT2D eigenvalue weighted by molar-refractivity contribution is 0.104. The molecule has 0 aromatic heterocycles. The number of carbonyl (C=O) groups excluding carboxylic acids is 1. The van der Waals surface area contributed by atoms with Gasteiger partial charge in [-0.2, -0.15) is 0 Å². The minimum absolute atomic E-state index is 0. The third-order valence-corrected chi connectivity index (χ3v) is 3.57. The minimum atomic E-state index is 0. The van der Waals surface area contributed by atoms with Crippen molar-refractivity contribution in [1.29, 1.82) is 0 Å². The van der Waals surface area contributed by atoms with Crippen LogP contribution in [0.5, 0.6) is 0 Å². The number of benzene rings is 2. The molecule has 0 atom stereocenters. The fourth-order valence-electron chi connectivity index (χ4n) is 2.02. The van der Waals surface area contributed by atoms with Crippen molar-refractivity contribution in [3.8, 4) is 0 Å². The van der Waals surface area contributed by atoms with Crippen LogP contribution < -0.4 is 0 Å². The van der Waals surface area contributed by atoms with Crippen molar-refractivity contribution in [1.82, 2.24) is 0 Å². The van der Waals surface area contributed by atoms with Crippen LogP contribution in [0.4, 0.5) is 0 Å². The highest BCUT2D eigenvalue weighted by molar-refractivity contribution is 6.06. The molecule has 0 saturated heterocycles. The van der Waals surface area contributed by atoms with Gasteiger partial charge in [-0.1, -0.05) is 48.5 Å². The zero-order chi connectivity index (χ0) is 13.8. The van der Waals surface area contributed by atoms with E-state index in [1.165, 1.54) is 16.7 Å². The Hall–Kier alpha value is -1.86. The van der Waals surface area contributed by atoms with E-state index in [0.29, 0.717) is 0 Å². The van der Waals surface area contributed by atoms with Gasteiger partial charge >= 0.3 is 0 Å². The molecule has 2 heteroatoms. The van der Waals surface area contributed by atoms with Gasteiger partial charge in [-0.15, -0.1) is 12.4 Å². The maximum absolute atomic E-state index is 12.0. The van der Waals surface area contributed by atoms with Crippen molar-refractivity contribution in [2.45, 2.75) is 20.8 Å². The van der Waals surface area contributed by atoms with Crippen LogP contribution in [0.25, 0.3) is 6.08 Å². The van der Waals surface area contributed by atoms with Crippen LogP contribution in [0.3, 0.4) is 0 Å². The summed E-state index contributed by atoms with van der Waals surface area (Å²) >= 11 is 0. The topological polar surface area (TPSA) is 17.1 Å². The van der Waals surface area contributed by atoms with Gasteiger partial charge in [0.15, 0.2) is 5.78 Å². The van der Waals surface area contributed by atoms with Crippen LogP contribution in [0.15, 0.2) is 48.5 Å².